The predicted molar refractivity (Wildman–Crippen MR) is 227 cm³/mol. The Morgan fingerprint density at radius 2 is 0.873 bits per heavy atom. The first-order valence-electron chi connectivity index (χ1n) is 18.3. The first-order chi connectivity index (χ1) is 27.2. The van der Waals surface area contributed by atoms with E-state index in [9.17, 15) is 0 Å². The normalized spacial score (nSPS) is 11.6. The summed E-state index contributed by atoms with van der Waals surface area (Å²) in [5.74, 6) is 0. The van der Waals surface area contributed by atoms with Crippen molar-refractivity contribution in [3.8, 4) is 28.2 Å². The van der Waals surface area contributed by atoms with Crippen molar-refractivity contribution in [2.24, 2.45) is 0 Å². The van der Waals surface area contributed by atoms with E-state index in [1.807, 2.05) is 42.5 Å². The summed E-state index contributed by atoms with van der Waals surface area (Å²) in [4.78, 5) is 7.73. The maximum Gasteiger partial charge on any atom is 0.211 e. The highest BCUT2D eigenvalue weighted by molar-refractivity contribution is 6.14. The van der Waals surface area contributed by atoms with E-state index in [4.69, 9.17) is 13.1 Å². The lowest BCUT2D eigenvalue weighted by atomic mass is 10.0. The van der Waals surface area contributed by atoms with Crippen LogP contribution in [-0.4, -0.2) is 13.7 Å². The van der Waals surface area contributed by atoms with E-state index in [0.29, 0.717) is 11.4 Å². The Labute approximate surface area is 316 Å². The van der Waals surface area contributed by atoms with Gasteiger partial charge in [-0.25, -0.2) is 9.69 Å². The second-order valence-corrected chi connectivity index (χ2v) is 13.9. The molecule has 0 saturated heterocycles. The van der Waals surface area contributed by atoms with Crippen LogP contribution in [-0.2, 0) is 0 Å². The number of hydrogen-bond donors (Lipinski definition) is 0. The quantitative estimate of drug-likeness (QED) is 0.163. The number of fused-ring (bicyclic) bond motifs is 9. The highest BCUT2D eigenvalue weighted by Gasteiger charge is 2.20. The van der Waals surface area contributed by atoms with Crippen LogP contribution in [0.15, 0.2) is 176 Å². The summed E-state index contributed by atoms with van der Waals surface area (Å²) in [5.41, 5.74) is 12.7. The topological polar surface area (TPSA) is 23.5 Å². The largest absolute Gasteiger partial charge is 0.320 e. The van der Waals surface area contributed by atoms with Gasteiger partial charge in [-0.3, -0.25) is 0 Å². The molecule has 0 N–H and O–H groups in total. The van der Waals surface area contributed by atoms with Crippen molar-refractivity contribution in [1.82, 2.24) is 13.7 Å². The molecule has 0 fully saturated rings. The molecule has 3 heterocycles. The maximum atomic E-state index is 8.03. The molecule has 254 valence electrons. The Morgan fingerprint density at radius 3 is 1.49 bits per heavy atom. The molecular formula is C50H29N5. The maximum absolute atomic E-state index is 8.03. The third-order valence-corrected chi connectivity index (χ3v) is 11.1. The van der Waals surface area contributed by atoms with Gasteiger partial charge in [0.05, 0.1) is 46.2 Å². The summed E-state index contributed by atoms with van der Waals surface area (Å²) in [6.45, 7) is 15.9. The Bertz CT molecular complexity index is 3400. The van der Waals surface area contributed by atoms with Crippen LogP contribution in [0.3, 0.4) is 0 Å². The minimum Gasteiger partial charge on any atom is -0.320 e. The molecule has 0 spiro atoms. The zero-order chi connectivity index (χ0) is 36.6. The van der Waals surface area contributed by atoms with E-state index in [2.05, 4.69) is 157 Å². The molecule has 11 rings (SSSR count). The first-order valence-corrected chi connectivity index (χ1v) is 18.3. The lowest BCUT2D eigenvalue weighted by Gasteiger charge is -2.16. The Morgan fingerprint density at radius 1 is 0.364 bits per heavy atom. The van der Waals surface area contributed by atoms with Gasteiger partial charge in [0.15, 0.2) is 5.69 Å². The van der Waals surface area contributed by atoms with Crippen LogP contribution in [0, 0.1) is 13.1 Å². The summed E-state index contributed by atoms with van der Waals surface area (Å²) in [6.07, 6.45) is 0. The van der Waals surface area contributed by atoms with Gasteiger partial charge in [0.2, 0.25) is 5.69 Å². The van der Waals surface area contributed by atoms with Crippen molar-refractivity contribution >= 4 is 76.8 Å². The van der Waals surface area contributed by atoms with Gasteiger partial charge in [0, 0.05) is 49.6 Å². The second-order valence-electron chi connectivity index (χ2n) is 13.9. The zero-order valence-electron chi connectivity index (χ0n) is 29.5. The number of aromatic nitrogens is 3. The predicted octanol–water partition coefficient (Wildman–Crippen LogP) is 13.7. The Balaban J connectivity index is 1.09. The minimum absolute atomic E-state index is 0.548. The average Bonchev–Trinajstić information content (AvgIpc) is 3.89. The molecule has 11 aromatic rings. The third kappa shape index (κ3) is 4.45. The van der Waals surface area contributed by atoms with E-state index in [1.54, 1.807) is 0 Å². The standard InChI is InChI=1S/C50H29N5/c1-51-33-24-28-36(49(30-33)55-47-21-10-5-14-39(47)41-16-11-17-43(52-2)50(41)55)32-22-25-34(26-23-32)53-46-20-9-6-15-40(46)42-31-35(27-29-48(42)53)54-44-18-7-3-12-37(44)38-13-4-8-19-45(38)54/h3-31H. The molecule has 55 heavy (non-hydrogen) atoms. The number of hydrogen-bond acceptors (Lipinski definition) is 0. The zero-order valence-corrected chi connectivity index (χ0v) is 29.5. The molecule has 0 atom stereocenters. The summed E-state index contributed by atoms with van der Waals surface area (Å²) in [6, 6.07) is 61.4. The van der Waals surface area contributed by atoms with Crippen molar-refractivity contribution in [3.63, 3.8) is 0 Å². The first kappa shape index (κ1) is 30.7. The van der Waals surface area contributed by atoms with Crippen molar-refractivity contribution in [2.75, 3.05) is 0 Å². The van der Waals surface area contributed by atoms with Gasteiger partial charge in [-0.1, -0.05) is 115 Å². The Kier molecular flexibility index (Phi) is 6.61. The summed E-state index contributed by atoms with van der Waals surface area (Å²) in [7, 11) is 0. The molecule has 0 aliphatic carbocycles. The van der Waals surface area contributed by atoms with Gasteiger partial charge in [-0.15, -0.1) is 0 Å². The van der Waals surface area contributed by atoms with Crippen LogP contribution in [0.25, 0.3) is 103 Å². The lowest BCUT2D eigenvalue weighted by molar-refractivity contribution is 1.16. The molecule has 0 bridgehead atoms. The fourth-order valence-electron chi connectivity index (χ4n) is 8.73. The van der Waals surface area contributed by atoms with Crippen LogP contribution >= 0.6 is 0 Å². The van der Waals surface area contributed by atoms with Crippen molar-refractivity contribution < 1.29 is 0 Å². The molecular weight excluding hydrogens is 671 g/mol. The Hall–Kier alpha value is -7.86. The fraction of sp³-hybridized carbons (Fsp3) is 0. The van der Waals surface area contributed by atoms with E-state index in [1.165, 1.54) is 32.6 Å². The van der Waals surface area contributed by atoms with Gasteiger partial charge in [-0.05, 0) is 71.6 Å². The molecule has 0 amide bonds. The minimum atomic E-state index is 0.548. The van der Waals surface area contributed by atoms with E-state index < -0.39 is 0 Å². The van der Waals surface area contributed by atoms with Crippen molar-refractivity contribution in [3.05, 3.63) is 199 Å². The van der Waals surface area contributed by atoms with Crippen molar-refractivity contribution in [1.29, 1.82) is 0 Å². The van der Waals surface area contributed by atoms with Crippen LogP contribution in [0.4, 0.5) is 11.4 Å². The van der Waals surface area contributed by atoms with E-state index in [-0.39, 0.29) is 0 Å². The van der Waals surface area contributed by atoms with Crippen LogP contribution in [0.5, 0.6) is 0 Å². The van der Waals surface area contributed by atoms with E-state index in [0.717, 1.165) is 61.0 Å². The van der Waals surface area contributed by atoms with Crippen LogP contribution in [0.1, 0.15) is 0 Å². The highest BCUT2D eigenvalue weighted by Crippen LogP contribution is 2.42. The van der Waals surface area contributed by atoms with Gasteiger partial charge in [0.25, 0.3) is 0 Å². The van der Waals surface area contributed by atoms with Gasteiger partial charge in [-0.2, -0.15) is 0 Å². The number of nitrogens with zero attached hydrogens (tertiary/aromatic N) is 5. The van der Waals surface area contributed by atoms with Gasteiger partial charge < -0.3 is 13.7 Å². The van der Waals surface area contributed by atoms with Gasteiger partial charge >= 0.3 is 0 Å². The van der Waals surface area contributed by atoms with Crippen LogP contribution in [0.2, 0.25) is 0 Å². The van der Waals surface area contributed by atoms with Gasteiger partial charge in [0.1, 0.15) is 0 Å². The summed E-state index contributed by atoms with van der Waals surface area (Å²) < 4.78 is 6.89. The smallest absolute Gasteiger partial charge is 0.211 e. The number of benzene rings is 8. The van der Waals surface area contributed by atoms with Crippen LogP contribution < -0.4 is 0 Å². The molecule has 0 radical (unpaired) electrons. The summed E-state index contributed by atoms with van der Waals surface area (Å²) in [5, 5.41) is 6.98. The molecule has 3 aromatic heterocycles. The monoisotopic (exact) mass is 699 g/mol. The van der Waals surface area contributed by atoms with E-state index >= 15 is 0 Å². The highest BCUT2D eigenvalue weighted by atomic mass is 15.0. The molecule has 5 nitrogen and oxygen atoms in total. The molecule has 0 aliphatic heterocycles. The summed E-state index contributed by atoms with van der Waals surface area (Å²) >= 11 is 0. The number of rotatable bonds is 4. The molecule has 0 unspecified atom stereocenters. The SMILES string of the molecule is [C-]#[N+]c1ccc(-c2ccc(-n3c4ccccc4c4cc(-n5c6ccccc6c6ccccc65)ccc43)cc2)c(-n2c3ccccc3c3cccc([N+]#[C-])c32)c1. The molecule has 0 aliphatic rings. The second kappa shape index (κ2) is 11.8. The van der Waals surface area contributed by atoms with Crippen molar-refractivity contribution in [2.45, 2.75) is 0 Å². The number of para-hydroxylation sites is 5. The fourth-order valence-corrected chi connectivity index (χ4v) is 8.73. The average molecular weight is 700 g/mol. The third-order valence-electron chi connectivity index (χ3n) is 11.1. The lowest BCUT2D eigenvalue weighted by Crippen LogP contribution is -1.98. The molecule has 5 heteroatoms. The molecule has 0 saturated carbocycles. The molecule has 8 aromatic carbocycles.